The first kappa shape index (κ1) is 15.5. The standard InChI is InChI=1S/C18H21N3O2/c1-13-9-14-5-3-4-6-17(14)21(13)16-10-15(11-19-12-16)18(22)20-7-8-23-2/h3-6,10-13H,7-9H2,1-2H3,(H,20,22). The van der Waals surface area contributed by atoms with E-state index in [1.165, 1.54) is 11.3 Å². The number of pyridine rings is 1. The van der Waals surface area contributed by atoms with Gasteiger partial charge in [0, 0.05) is 31.6 Å². The van der Waals surface area contributed by atoms with Crippen molar-refractivity contribution in [2.75, 3.05) is 25.2 Å². The first-order chi connectivity index (χ1) is 11.2. The molecule has 5 nitrogen and oxygen atoms in total. The van der Waals surface area contributed by atoms with E-state index in [0.29, 0.717) is 24.8 Å². The van der Waals surface area contributed by atoms with Gasteiger partial charge in [-0.05, 0) is 31.0 Å². The summed E-state index contributed by atoms with van der Waals surface area (Å²) in [6, 6.07) is 10.6. The van der Waals surface area contributed by atoms with Crippen LogP contribution in [0.25, 0.3) is 0 Å². The number of hydrogen-bond acceptors (Lipinski definition) is 4. The minimum absolute atomic E-state index is 0.128. The minimum Gasteiger partial charge on any atom is -0.383 e. The highest BCUT2D eigenvalue weighted by molar-refractivity contribution is 5.95. The van der Waals surface area contributed by atoms with E-state index < -0.39 is 0 Å². The Labute approximate surface area is 136 Å². The lowest BCUT2D eigenvalue weighted by molar-refractivity contribution is 0.0936. The van der Waals surface area contributed by atoms with Gasteiger partial charge in [0.1, 0.15) is 0 Å². The molecule has 1 aromatic heterocycles. The highest BCUT2D eigenvalue weighted by Crippen LogP contribution is 2.37. The van der Waals surface area contributed by atoms with Crippen LogP contribution in [-0.2, 0) is 11.2 Å². The summed E-state index contributed by atoms with van der Waals surface area (Å²) in [5.41, 5.74) is 4.03. The Balaban J connectivity index is 1.84. The van der Waals surface area contributed by atoms with Gasteiger partial charge in [-0.25, -0.2) is 0 Å². The molecule has 0 aliphatic carbocycles. The van der Waals surface area contributed by atoms with Gasteiger partial charge in [-0.1, -0.05) is 18.2 Å². The van der Waals surface area contributed by atoms with Crippen molar-refractivity contribution in [2.45, 2.75) is 19.4 Å². The fraction of sp³-hybridized carbons (Fsp3) is 0.333. The number of para-hydroxylation sites is 1. The average molecular weight is 311 g/mol. The molecule has 120 valence electrons. The zero-order valence-corrected chi connectivity index (χ0v) is 13.5. The number of amides is 1. The molecule has 0 fully saturated rings. The first-order valence-electron chi connectivity index (χ1n) is 7.80. The molecule has 23 heavy (non-hydrogen) atoms. The molecule has 1 amide bonds. The summed E-state index contributed by atoms with van der Waals surface area (Å²) < 4.78 is 4.95. The zero-order chi connectivity index (χ0) is 16.2. The van der Waals surface area contributed by atoms with Crippen molar-refractivity contribution in [3.05, 3.63) is 53.9 Å². The quantitative estimate of drug-likeness (QED) is 0.862. The number of nitrogens with zero attached hydrogens (tertiary/aromatic N) is 2. The van der Waals surface area contributed by atoms with E-state index in [1.807, 2.05) is 18.3 Å². The van der Waals surface area contributed by atoms with Crippen molar-refractivity contribution in [3.63, 3.8) is 0 Å². The van der Waals surface area contributed by atoms with E-state index in [1.54, 1.807) is 13.3 Å². The molecule has 0 radical (unpaired) electrons. The number of nitrogens with one attached hydrogen (secondary N) is 1. The van der Waals surface area contributed by atoms with E-state index in [2.05, 4.69) is 40.3 Å². The topological polar surface area (TPSA) is 54.5 Å². The number of methoxy groups -OCH3 is 1. The van der Waals surface area contributed by atoms with Crippen molar-refractivity contribution in [1.29, 1.82) is 0 Å². The summed E-state index contributed by atoms with van der Waals surface area (Å²) in [4.78, 5) is 18.7. The lowest BCUT2D eigenvalue weighted by atomic mass is 10.1. The maximum Gasteiger partial charge on any atom is 0.253 e. The fourth-order valence-electron chi connectivity index (χ4n) is 3.01. The van der Waals surface area contributed by atoms with Gasteiger partial charge >= 0.3 is 0 Å². The molecule has 0 bridgehead atoms. The van der Waals surface area contributed by atoms with E-state index in [4.69, 9.17) is 4.74 Å². The van der Waals surface area contributed by atoms with Gasteiger partial charge < -0.3 is 15.0 Å². The Hall–Kier alpha value is -2.40. The van der Waals surface area contributed by atoms with Crippen LogP contribution in [0, 0.1) is 0 Å². The maximum atomic E-state index is 12.2. The van der Waals surface area contributed by atoms with Crippen LogP contribution in [0.15, 0.2) is 42.7 Å². The Morgan fingerprint density at radius 1 is 1.39 bits per heavy atom. The molecule has 2 aromatic rings. The van der Waals surface area contributed by atoms with Crippen LogP contribution >= 0.6 is 0 Å². The van der Waals surface area contributed by atoms with Crippen molar-refractivity contribution in [2.24, 2.45) is 0 Å². The monoisotopic (exact) mass is 311 g/mol. The number of hydrogen-bond donors (Lipinski definition) is 1. The number of ether oxygens (including phenoxy) is 1. The Morgan fingerprint density at radius 2 is 2.22 bits per heavy atom. The summed E-state index contributed by atoms with van der Waals surface area (Å²) in [6.07, 6.45) is 4.41. The molecule has 1 aliphatic heterocycles. The molecule has 2 heterocycles. The van der Waals surface area contributed by atoms with E-state index in [0.717, 1.165) is 12.1 Å². The number of rotatable bonds is 5. The second kappa shape index (κ2) is 6.79. The lowest BCUT2D eigenvalue weighted by Crippen LogP contribution is -2.28. The molecule has 1 N–H and O–H groups in total. The largest absolute Gasteiger partial charge is 0.383 e. The molecule has 0 spiro atoms. The van der Waals surface area contributed by atoms with Crippen LogP contribution in [0.1, 0.15) is 22.8 Å². The van der Waals surface area contributed by atoms with Crippen LogP contribution in [0.3, 0.4) is 0 Å². The van der Waals surface area contributed by atoms with Gasteiger partial charge in [0.15, 0.2) is 0 Å². The van der Waals surface area contributed by atoms with E-state index in [-0.39, 0.29) is 5.91 Å². The van der Waals surface area contributed by atoms with Crippen LogP contribution in [0.4, 0.5) is 11.4 Å². The number of carbonyl (C=O) groups is 1. The molecule has 0 saturated carbocycles. The molecule has 1 unspecified atom stereocenters. The third-order valence-corrected chi connectivity index (χ3v) is 4.06. The zero-order valence-electron chi connectivity index (χ0n) is 13.5. The minimum atomic E-state index is -0.128. The molecule has 0 saturated heterocycles. The first-order valence-corrected chi connectivity index (χ1v) is 7.80. The van der Waals surface area contributed by atoms with E-state index >= 15 is 0 Å². The Bertz CT molecular complexity index is 702. The summed E-state index contributed by atoms with van der Waals surface area (Å²) in [5, 5.41) is 2.83. The fourth-order valence-corrected chi connectivity index (χ4v) is 3.01. The number of benzene rings is 1. The van der Waals surface area contributed by atoms with Crippen molar-refractivity contribution in [1.82, 2.24) is 10.3 Å². The highest BCUT2D eigenvalue weighted by Gasteiger charge is 2.27. The number of aromatic nitrogens is 1. The smallest absolute Gasteiger partial charge is 0.253 e. The van der Waals surface area contributed by atoms with Gasteiger partial charge in [0.2, 0.25) is 0 Å². The van der Waals surface area contributed by atoms with Gasteiger partial charge in [0.05, 0.1) is 24.1 Å². The maximum absolute atomic E-state index is 12.2. The Morgan fingerprint density at radius 3 is 3.04 bits per heavy atom. The third-order valence-electron chi connectivity index (χ3n) is 4.06. The second-order valence-corrected chi connectivity index (χ2v) is 5.73. The van der Waals surface area contributed by atoms with Gasteiger partial charge in [0.25, 0.3) is 5.91 Å². The summed E-state index contributed by atoms with van der Waals surface area (Å²) in [7, 11) is 1.61. The second-order valence-electron chi connectivity index (χ2n) is 5.73. The van der Waals surface area contributed by atoms with Crippen LogP contribution in [-0.4, -0.2) is 37.2 Å². The normalized spacial score (nSPS) is 16.3. The third kappa shape index (κ3) is 3.19. The van der Waals surface area contributed by atoms with Gasteiger partial charge in [-0.3, -0.25) is 9.78 Å². The SMILES string of the molecule is COCCNC(=O)c1cncc(N2c3ccccc3CC2C)c1. The van der Waals surface area contributed by atoms with Crippen LogP contribution < -0.4 is 10.2 Å². The Kier molecular flexibility index (Phi) is 4.57. The lowest BCUT2D eigenvalue weighted by Gasteiger charge is -2.25. The average Bonchev–Trinajstić information content (AvgIpc) is 2.91. The molecular weight excluding hydrogens is 290 g/mol. The predicted octanol–water partition coefficient (Wildman–Crippen LogP) is 2.54. The van der Waals surface area contributed by atoms with Crippen molar-refractivity contribution >= 4 is 17.3 Å². The van der Waals surface area contributed by atoms with Crippen molar-refractivity contribution < 1.29 is 9.53 Å². The summed E-state index contributed by atoms with van der Waals surface area (Å²) in [6.45, 7) is 3.17. The molecule has 1 aliphatic rings. The molecule has 1 atom stereocenters. The summed E-state index contributed by atoms with van der Waals surface area (Å²) in [5.74, 6) is -0.128. The van der Waals surface area contributed by atoms with Crippen LogP contribution in [0.2, 0.25) is 0 Å². The summed E-state index contributed by atoms with van der Waals surface area (Å²) >= 11 is 0. The predicted molar refractivity (Wildman–Crippen MR) is 90.2 cm³/mol. The van der Waals surface area contributed by atoms with Gasteiger partial charge in [-0.2, -0.15) is 0 Å². The molecular formula is C18H21N3O2. The molecule has 1 aromatic carbocycles. The van der Waals surface area contributed by atoms with E-state index in [9.17, 15) is 4.79 Å². The van der Waals surface area contributed by atoms with Gasteiger partial charge in [-0.15, -0.1) is 0 Å². The molecule has 3 rings (SSSR count). The number of anilines is 2. The number of carbonyl (C=O) groups excluding carboxylic acids is 1. The highest BCUT2D eigenvalue weighted by atomic mass is 16.5. The van der Waals surface area contributed by atoms with Crippen molar-refractivity contribution in [3.8, 4) is 0 Å². The van der Waals surface area contributed by atoms with Crippen LogP contribution in [0.5, 0.6) is 0 Å². The molecule has 5 heteroatoms. The number of fused-ring (bicyclic) bond motifs is 1.